The Labute approximate surface area is 200 Å². The summed E-state index contributed by atoms with van der Waals surface area (Å²) >= 11 is 1.46. The van der Waals surface area contributed by atoms with Crippen LogP contribution in [-0.2, 0) is 15.9 Å². The van der Waals surface area contributed by atoms with E-state index in [2.05, 4.69) is 36.1 Å². The molecule has 0 bridgehead atoms. The summed E-state index contributed by atoms with van der Waals surface area (Å²) in [6, 6.07) is 12.6. The van der Waals surface area contributed by atoms with Crippen molar-refractivity contribution >= 4 is 17.3 Å². The first kappa shape index (κ1) is 24.4. The Morgan fingerprint density at radius 2 is 2.03 bits per heavy atom. The van der Waals surface area contributed by atoms with Crippen molar-refractivity contribution in [2.24, 2.45) is 0 Å². The molecule has 2 aliphatic heterocycles. The Morgan fingerprint density at radius 3 is 2.79 bits per heavy atom. The molecule has 3 unspecified atom stereocenters. The number of epoxide rings is 1. The third-order valence-corrected chi connectivity index (χ3v) is 7.68. The molecule has 180 valence electrons. The molecule has 3 heterocycles. The minimum absolute atomic E-state index is 0.0315. The van der Waals surface area contributed by atoms with Crippen molar-refractivity contribution in [1.29, 1.82) is 0 Å². The predicted octanol–water partition coefficient (Wildman–Crippen LogP) is 4.62. The molecule has 2 aliphatic rings. The molecule has 4 rings (SSSR count). The topological polar surface area (TPSA) is 82.5 Å². The number of rotatable bonds is 13. The maximum atomic E-state index is 11.9. The molecule has 1 aromatic carbocycles. The highest BCUT2D eigenvalue weighted by Crippen LogP contribution is 2.47. The highest BCUT2D eigenvalue weighted by atomic mass is 32.1. The van der Waals surface area contributed by atoms with Crippen molar-refractivity contribution in [1.82, 2.24) is 4.90 Å². The summed E-state index contributed by atoms with van der Waals surface area (Å²) in [7, 11) is 0. The Hall–Kier alpha value is -1.77. The number of nitrogens with zero attached hydrogens (tertiary/aromatic N) is 1. The van der Waals surface area contributed by atoms with Gasteiger partial charge in [0.15, 0.2) is 0 Å². The van der Waals surface area contributed by atoms with Crippen molar-refractivity contribution < 1.29 is 24.5 Å². The number of aliphatic hydroxyl groups excluding tert-OH is 2. The molecule has 2 saturated heterocycles. The van der Waals surface area contributed by atoms with Gasteiger partial charge >= 0.3 is 5.97 Å². The molecule has 0 spiro atoms. The number of likely N-dealkylation sites (tertiary alicyclic amines) is 1. The van der Waals surface area contributed by atoms with Crippen LogP contribution < -0.4 is 0 Å². The van der Waals surface area contributed by atoms with Gasteiger partial charge in [0.05, 0.1) is 12.7 Å². The van der Waals surface area contributed by atoms with Crippen LogP contribution in [0.1, 0.15) is 83.3 Å². The normalized spacial score (nSPS) is 22.8. The van der Waals surface area contributed by atoms with E-state index in [1.807, 2.05) is 6.07 Å². The number of esters is 1. The standard InChI is InChI=1S/C26H35NO5S/c1-2-3-4-7-22(29)19-10-8-18(9-11-19)21-17-23-25(32-23)27(21)14-5-6-20-12-13-24(33-20)26(30)31-16-15-28/h8-13,21-23,25,28-29H,2-7,14-17H2,1H3/t21-,22?,23?,25?/m1/s1. The van der Waals surface area contributed by atoms with Crippen LogP contribution in [0.5, 0.6) is 0 Å². The SMILES string of the molecule is CCCCCC(O)c1ccc([C@H]2CC3OC3N2CCCc2ccc(C(=O)OCCO)s2)cc1. The van der Waals surface area contributed by atoms with Gasteiger partial charge in [0.2, 0.25) is 0 Å². The summed E-state index contributed by atoms with van der Waals surface area (Å²) < 4.78 is 10.8. The molecule has 7 heteroatoms. The zero-order valence-corrected chi connectivity index (χ0v) is 20.1. The Bertz CT molecular complexity index is 898. The predicted molar refractivity (Wildman–Crippen MR) is 128 cm³/mol. The number of benzene rings is 1. The van der Waals surface area contributed by atoms with Crippen LogP contribution >= 0.6 is 11.3 Å². The van der Waals surface area contributed by atoms with E-state index in [-0.39, 0.29) is 31.5 Å². The van der Waals surface area contributed by atoms with Crippen LogP contribution in [-0.4, -0.2) is 53.2 Å². The molecule has 2 fully saturated rings. The van der Waals surface area contributed by atoms with Gasteiger partial charge in [-0.05, 0) is 48.9 Å². The third kappa shape index (κ3) is 6.22. The van der Waals surface area contributed by atoms with Crippen molar-refractivity contribution in [3.8, 4) is 0 Å². The van der Waals surface area contributed by atoms with E-state index in [4.69, 9.17) is 14.6 Å². The monoisotopic (exact) mass is 473 g/mol. The van der Waals surface area contributed by atoms with Crippen LogP contribution in [0.3, 0.4) is 0 Å². The summed E-state index contributed by atoms with van der Waals surface area (Å²) in [6.45, 7) is 2.99. The first-order chi connectivity index (χ1) is 16.1. The highest BCUT2D eigenvalue weighted by Gasteiger charge is 2.53. The number of hydrogen-bond acceptors (Lipinski definition) is 7. The Balaban J connectivity index is 1.29. The summed E-state index contributed by atoms with van der Waals surface area (Å²) in [4.78, 5) is 16.1. The van der Waals surface area contributed by atoms with Crippen LogP contribution in [0, 0.1) is 0 Å². The molecule has 1 aromatic heterocycles. The lowest BCUT2D eigenvalue weighted by molar-refractivity contribution is 0.0439. The van der Waals surface area contributed by atoms with E-state index in [9.17, 15) is 9.90 Å². The molecule has 0 amide bonds. The van der Waals surface area contributed by atoms with E-state index >= 15 is 0 Å². The molecule has 0 aliphatic carbocycles. The van der Waals surface area contributed by atoms with E-state index in [1.165, 1.54) is 23.3 Å². The summed E-state index contributed by atoms with van der Waals surface area (Å²) in [5, 5.41) is 19.2. The molecule has 2 aromatic rings. The number of thiophene rings is 1. The number of ether oxygens (including phenoxy) is 2. The number of fused-ring (bicyclic) bond motifs is 1. The second-order valence-corrected chi connectivity index (χ2v) is 10.1. The lowest BCUT2D eigenvalue weighted by Crippen LogP contribution is -2.28. The Kier molecular flexibility index (Phi) is 8.55. The van der Waals surface area contributed by atoms with Gasteiger partial charge in [0.1, 0.15) is 23.8 Å². The maximum absolute atomic E-state index is 11.9. The molecule has 2 N–H and O–H groups in total. The summed E-state index contributed by atoms with van der Waals surface area (Å²) in [5.74, 6) is -0.368. The summed E-state index contributed by atoms with van der Waals surface area (Å²) in [6.07, 6.45) is 7.31. The molecule has 0 radical (unpaired) electrons. The van der Waals surface area contributed by atoms with Crippen molar-refractivity contribution in [2.75, 3.05) is 19.8 Å². The average Bonchev–Trinajstić information content (AvgIpc) is 3.27. The van der Waals surface area contributed by atoms with E-state index in [0.717, 1.165) is 55.5 Å². The van der Waals surface area contributed by atoms with Gasteiger partial charge in [-0.25, -0.2) is 4.79 Å². The van der Waals surface area contributed by atoms with Gasteiger partial charge in [-0.2, -0.15) is 0 Å². The number of unbranched alkanes of at least 4 members (excludes halogenated alkanes) is 2. The Morgan fingerprint density at radius 1 is 1.21 bits per heavy atom. The first-order valence-electron chi connectivity index (χ1n) is 12.2. The van der Waals surface area contributed by atoms with Crippen molar-refractivity contribution in [3.05, 3.63) is 57.3 Å². The second kappa shape index (κ2) is 11.6. The smallest absolute Gasteiger partial charge is 0.348 e. The third-order valence-electron chi connectivity index (χ3n) is 6.55. The zero-order valence-electron chi connectivity index (χ0n) is 19.3. The van der Waals surface area contributed by atoms with E-state index in [0.29, 0.717) is 17.0 Å². The fourth-order valence-electron chi connectivity index (χ4n) is 4.70. The number of aryl methyl sites for hydroxylation is 1. The van der Waals surface area contributed by atoms with E-state index in [1.54, 1.807) is 6.07 Å². The van der Waals surface area contributed by atoms with Crippen LogP contribution in [0.2, 0.25) is 0 Å². The van der Waals surface area contributed by atoms with Crippen LogP contribution in [0.25, 0.3) is 0 Å². The molecule has 33 heavy (non-hydrogen) atoms. The fourth-order valence-corrected chi connectivity index (χ4v) is 5.65. The zero-order chi connectivity index (χ0) is 23.2. The lowest BCUT2D eigenvalue weighted by atomic mass is 9.98. The van der Waals surface area contributed by atoms with Gasteiger partial charge in [0, 0.05) is 17.5 Å². The molecule has 6 nitrogen and oxygen atoms in total. The minimum atomic E-state index is -0.376. The van der Waals surface area contributed by atoms with Crippen molar-refractivity contribution in [2.45, 2.75) is 76.3 Å². The number of aliphatic hydroxyl groups is 2. The maximum Gasteiger partial charge on any atom is 0.348 e. The lowest BCUT2D eigenvalue weighted by Gasteiger charge is -2.27. The highest BCUT2D eigenvalue weighted by molar-refractivity contribution is 7.13. The summed E-state index contributed by atoms with van der Waals surface area (Å²) in [5.41, 5.74) is 2.30. The first-order valence-corrected chi connectivity index (χ1v) is 13.0. The molecular formula is C26H35NO5S. The van der Waals surface area contributed by atoms with Crippen LogP contribution in [0.4, 0.5) is 0 Å². The quantitative estimate of drug-likeness (QED) is 0.251. The van der Waals surface area contributed by atoms with Gasteiger partial charge in [-0.1, -0.05) is 50.5 Å². The molecular weight excluding hydrogens is 438 g/mol. The number of carbonyl (C=O) groups is 1. The molecule has 4 atom stereocenters. The minimum Gasteiger partial charge on any atom is -0.459 e. The average molecular weight is 474 g/mol. The second-order valence-electron chi connectivity index (χ2n) is 8.96. The van der Waals surface area contributed by atoms with Gasteiger partial charge in [-0.3, -0.25) is 4.90 Å². The number of hydrogen-bond donors (Lipinski definition) is 2. The van der Waals surface area contributed by atoms with Gasteiger partial charge < -0.3 is 19.7 Å². The van der Waals surface area contributed by atoms with Crippen LogP contribution in [0.15, 0.2) is 36.4 Å². The van der Waals surface area contributed by atoms with Gasteiger partial charge in [0.25, 0.3) is 0 Å². The molecule has 0 saturated carbocycles. The van der Waals surface area contributed by atoms with Gasteiger partial charge in [-0.15, -0.1) is 11.3 Å². The largest absolute Gasteiger partial charge is 0.459 e. The fraction of sp³-hybridized carbons (Fsp3) is 0.577. The number of carbonyl (C=O) groups excluding carboxylic acids is 1. The van der Waals surface area contributed by atoms with E-state index < -0.39 is 0 Å². The van der Waals surface area contributed by atoms with Crippen molar-refractivity contribution in [3.63, 3.8) is 0 Å².